The summed E-state index contributed by atoms with van der Waals surface area (Å²) in [5.74, 6) is -0.106. The van der Waals surface area contributed by atoms with Crippen LogP contribution >= 0.6 is 0 Å². The molecular formula is C14H27NO2. The molecule has 0 radical (unpaired) electrons. The maximum absolute atomic E-state index is 12.0. The van der Waals surface area contributed by atoms with Crippen LogP contribution in [0.5, 0.6) is 0 Å². The number of ether oxygens (including phenoxy) is 1. The van der Waals surface area contributed by atoms with Crippen LogP contribution in [0.2, 0.25) is 0 Å². The van der Waals surface area contributed by atoms with E-state index in [4.69, 9.17) is 4.74 Å². The Labute approximate surface area is 105 Å². The Morgan fingerprint density at radius 3 is 2.35 bits per heavy atom. The molecule has 1 fully saturated rings. The highest BCUT2D eigenvalue weighted by Gasteiger charge is 2.34. The van der Waals surface area contributed by atoms with Crippen molar-refractivity contribution in [1.29, 1.82) is 0 Å². The Bertz CT molecular complexity index is 239. The van der Waals surface area contributed by atoms with Gasteiger partial charge in [-0.15, -0.1) is 0 Å². The van der Waals surface area contributed by atoms with E-state index in [2.05, 4.69) is 26.1 Å². The minimum absolute atomic E-state index is 0.0936. The van der Waals surface area contributed by atoms with E-state index in [1.807, 2.05) is 6.92 Å². The number of hydrogen-bond acceptors (Lipinski definition) is 3. The first kappa shape index (κ1) is 14.5. The maximum atomic E-state index is 12.0. The highest BCUT2D eigenvalue weighted by molar-refractivity contribution is 5.76. The van der Waals surface area contributed by atoms with Gasteiger partial charge in [0.25, 0.3) is 0 Å². The molecule has 0 bridgehead atoms. The zero-order valence-corrected chi connectivity index (χ0v) is 11.7. The molecule has 0 heterocycles. The third-order valence-electron chi connectivity index (χ3n) is 3.40. The fourth-order valence-electron chi connectivity index (χ4n) is 2.40. The van der Waals surface area contributed by atoms with Gasteiger partial charge in [0.05, 0.1) is 6.61 Å². The minimum Gasteiger partial charge on any atom is -0.465 e. The van der Waals surface area contributed by atoms with Crippen LogP contribution in [0.1, 0.15) is 59.8 Å². The van der Waals surface area contributed by atoms with Crippen LogP contribution in [-0.4, -0.2) is 24.7 Å². The monoisotopic (exact) mass is 241 g/mol. The molecule has 1 atom stereocenters. The van der Waals surface area contributed by atoms with Crippen molar-refractivity contribution in [3.05, 3.63) is 0 Å². The average Bonchev–Trinajstić information content (AvgIpc) is 2.26. The molecule has 17 heavy (non-hydrogen) atoms. The Morgan fingerprint density at radius 2 is 1.88 bits per heavy atom. The van der Waals surface area contributed by atoms with Gasteiger partial charge in [0.1, 0.15) is 6.04 Å². The van der Waals surface area contributed by atoms with E-state index in [0.29, 0.717) is 12.6 Å². The molecule has 1 aliphatic rings. The summed E-state index contributed by atoms with van der Waals surface area (Å²) >= 11 is 0. The fraction of sp³-hybridized carbons (Fsp3) is 0.929. The summed E-state index contributed by atoms with van der Waals surface area (Å²) in [6.07, 6.45) is 6.25. The number of esters is 1. The Balaban J connectivity index is 2.59. The fourth-order valence-corrected chi connectivity index (χ4v) is 2.40. The van der Waals surface area contributed by atoms with Crippen molar-refractivity contribution >= 4 is 5.97 Å². The molecule has 1 N–H and O–H groups in total. The first-order chi connectivity index (χ1) is 7.95. The second kappa shape index (κ2) is 6.39. The Morgan fingerprint density at radius 1 is 1.29 bits per heavy atom. The molecule has 0 amide bonds. The molecule has 0 spiro atoms. The maximum Gasteiger partial charge on any atom is 0.323 e. The molecule has 1 saturated carbocycles. The largest absolute Gasteiger partial charge is 0.465 e. The predicted octanol–water partition coefficient (Wildman–Crippen LogP) is 2.89. The molecule has 0 saturated heterocycles. The molecule has 1 rings (SSSR count). The summed E-state index contributed by atoms with van der Waals surface area (Å²) in [5, 5.41) is 3.51. The topological polar surface area (TPSA) is 38.3 Å². The van der Waals surface area contributed by atoms with Gasteiger partial charge < -0.3 is 10.1 Å². The molecule has 1 unspecified atom stereocenters. The first-order valence-electron chi connectivity index (χ1n) is 6.88. The van der Waals surface area contributed by atoms with Gasteiger partial charge in [-0.2, -0.15) is 0 Å². The van der Waals surface area contributed by atoms with E-state index in [1.165, 1.54) is 32.1 Å². The molecule has 3 heteroatoms. The van der Waals surface area contributed by atoms with Crippen LogP contribution in [0.25, 0.3) is 0 Å². The van der Waals surface area contributed by atoms with Crippen LogP contribution < -0.4 is 5.32 Å². The zero-order valence-electron chi connectivity index (χ0n) is 11.7. The van der Waals surface area contributed by atoms with Crippen molar-refractivity contribution in [3.8, 4) is 0 Å². The Kier molecular flexibility index (Phi) is 5.44. The van der Waals surface area contributed by atoms with Gasteiger partial charge >= 0.3 is 5.97 Å². The van der Waals surface area contributed by atoms with E-state index < -0.39 is 0 Å². The van der Waals surface area contributed by atoms with E-state index in [-0.39, 0.29) is 17.4 Å². The van der Waals surface area contributed by atoms with E-state index in [1.54, 1.807) is 0 Å². The number of carbonyl (C=O) groups excluding carboxylic acids is 1. The molecule has 0 aromatic carbocycles. The molecule has 3 nitrogen and oxygen atoms in total. The third kappa shape index (κ3) is 4.66. The van der Waals surface area contributed by atoms with Crippen molar-refractivity contribution in [2.45, 2.75) is 71.9 Å². The summed E-state index contributed by atoms with van der Waals surface area (Å²) in [6.45, 7) is 8.58. The van der Waals surface area contributed by atoms with Crippen LogP contribution in [0.4, 0.5) is 0 Å². The van der Waals surface area contributed by atoms with Crippen LogP contribution in [0.15, 0.2) is 0 Å². The second-order valence-corrected chi connectivity index (χ2v) is 6.05. The summed E-state index contributed by atoms with van der Waals surface area (Å²) in [7, 11) is 0. The highest BCUT2D eigenvalue weighted by Crippen LogP contribution is 2.24. The molecular weight excluding hydrogens is 214 g/mol. The molecule has 1 aliphatic carbocycles. The predicted molar refractivity (Wildman–Crippen MR) is 69.9 cm³/mol. The average molecular weight is 241 g/mol. The van der Waals surface area contributed by atoms with E-state index in [9.17, 15) is 4.79 Å². The number of carbonyl (C=O) groups is 1. The Hall–Kier alpha value is -0.570. The van der Waals surface area contributed by atoms with Gasteiger partial charge in [-0.3, -0.25) is 4.79 Å². The van der Waals surface area contributed by atoms with Crippen molar-refractivity contribution in [2.24, 2.45) is 5.41 Å². The van der Waals surface area contributed by atoms with Crippen LogP contribution in [0.3, 0.4) is 0 Å². The van der Waals surface area contributed by atoms with Crippen LogP contribution in [-0.2, 0) is 9.53 Å². The third-order valence-corrected chi connectivity index (χ3v) is 3.40. The van der Waals surface area contributed by atoms with E-state index in [0.717, 1.165) is 0 Å². The van der Waals surface area contributed by atoms with E-state index >= 15 is 0 Å². The van der Waals surface area contributed by atoms with Gasteiger partial charge in [-0.1, -0.05) is 40.0 Å². The summed E-state index contributed by atoms with van der Waals surface area (Å²) < 4.78 is 5.17. The normalized spacial score (nSPS) is 20.0. The SMILES string of the molecule is CCOC(=O)C(NC1CCCCC1)C(C)(C)C. The molecule has 0 aromatic heterocycles. The minimum atomic E-state index is -0.189. The summed E-state index contributed by atoms with van der Waals surface area (Å²) in [4.78, 5) is 12.0. The lowest BCUT2D eigenvalue weighted by Crippen LogP contribution is -2.51. The zero-order chi connectivity index (χ0) is 12.9. The standard InChI is InChI=1S/C14H27NO2/c1-5-17-13(16)12(14(2,3)4)15-11-9-7-6-8-10-11/h11-12,15H,5-10H2,1-4H3. The van der Waals surface area contributed by atoms with Gasteiger partial charge in [0.15, 0.2) is 0 Å². The van der Waals surface area contributed by atoms with Crippen molar-refractivity contribution in [1.82, 2.24) is 5.32 Å². The lowest BCUT2D eigenvalue weighted by molar-refractivity contribution is -0.149. The van der Waals surface area contributed by atoms with Gasteiger partial charge in [-0.25, -0.2) is 0 Å². The summed E-state index contributed by atoms with van der Waals surface area (Å²) in [6, 6.07) is 0.294. The number of nitrogens with one attached hydrogen (secondary N) is 1. The van der Waals surface area contributed by atoms with Crippen molar-refractivity contribution < 1.29 is 9.53 Å². The lowest BCUT2D eigenvalue weighted by atomic mass is 9.85. The van der Waals surface area contributed by atoms with Gasteiger partial charge in [0.2, 0.25) is 0 Å². The van der Waals surface area contributed by atoms with Crippen molar-refractivity contribution in [2.75, 3.05) is 6.61 Å². The highest BCUT2D eigenvalue weighted by atomic mass is 16.5. The number of hydrogen-bond donors (Lipinski definition) is 1. The smallest absolute Gasteiger partial charge is 0.323 e. The number of rotatable bonds is 4. The quantitative estimate of drug-likeness (QED) is 0.769. The van der Waals surface area contributed by atoms with Gasteiger partial charge in [-0.05, 0) is 25.2 Å². The van der Waals surface area contributed by atoms with Crippen molar-refractivity contribution in [3.63, 3.8) is 0 Å². The van der Waals surface area contributed by atoms with Crippen LogP contribution in [0, 0.1) is 5.41 Å². The molecule has 0 aliphatic heterocycles. The lowest BCUT2D eigenvalue weighted by Gasteiger charge is -2.34. The van der Waals surface area contributed by atoms with Gasteiger partial charge in [0, 0.05) is 6.04 Å². The first-order valence-corrected chi connectivity index (χ1v) is 6.88. The molecule has 0 aromatic rings. The summed E-state index contributed by atoms with van der Waals surface area (Å²) in [5.41, 5.74) is -0.0936. The molecule has 100 valence electrons. The second-order valence-electron chi connectivity index (χ2n) is 6.05.